The van der Waals surface area contributed by atoms with E-state index >= 15 is 0 Å². The summed E-state index contributed by atoms with van der Waals surface area (Å²) in [5.41, 5.74) is 1.59. The molecular formula is C28H37F2N3O4. The third-order valence-electron chi connectivity index (χ3n) is 6.97. The fourth-order valence-electron chi connectivity index (χ4n) is 4.93. The van der Waals surface area contributed by atoms with E-state index in [2.05, 4.69) is 30.5 Å². The van der Waals surface area contributed by atoms with Crippen molar-refractivity contribution >= 4 is 11.8 Å². The second-order valence-corrected chi connectivity index (χ2v) is 10.1. The lowest BCUT2D eigenvalue weighted by Gasteiger charge is -2.43. The number of halogens is 2. The van der Waals surface area contributed by atoms with Gasteiger partial charge in [0.25, 0.3) is 0 Å². The first-order valence-corrected chi connectivity index (χ1v) is 12.7. The van der Waals surface area contributed by atoms with Gasteiger partial charge in [-0.05, 0) is 47.6 Å². The van der Waals surface area contributed by atoms with E-state index < -0.39 is 29.3 Å². The van der Waals surface area contributed by atoms with Crippen LogP contribution in [0.25, 0.3) is 0 Å². The highest BCUT2D eigenvalue weighted by Gasteiger charge is 2.41. The molecule has 0 bridgehead atoms. The van der Waals surface area contributed by atoms with E-state index in [1.807, 2.05) is 18.2 Å². The molecule has 202 valence electrons. The number of likely N-dealkylation sites (tertiary alicyclic amines) is 1. The fraction of sp³-hybridized carbons (Fsp3) is 0.500. The summed E-state index contributed by atoms with van der Waals surface area (Å²) in [6, 6.07) is 10.3. The number of hydrogen-bond donors (Lipinski definition) is 4. The number of amides is 2. The van der Waals surface area contributed by atoms with Gasteiger partial charge in [-0.25, -0.2) is 8.78 Å². The van der Waals surface area contributed by atoms with Crippen LogP contribution in [0.4, 0.5) is 8.78 Å². The molecule has 7 nitrogen and oxygen atoms in total. The normalized spacial score (nSPS) is 19.7. The van der Waals surface area contributed by atoms with Gasteiger partial charge in [-0.1, -0.05) is 38.1 Å². The highest BCUT2D eigenvalue weighted by Crippen LogP contribution is 2.35. The molecule has 1 fully saturated rings. The molecule has 2 amide bonds. The molecule has 0 aromatic heterocycles. The van der Waals surface area contributed by atoms with Crippen molar-refractivity contribution in [3.05, 3.63) is 70.8 Å². The molecule has 9 heteroatoms. The average Bonchev–Trinajstić information content (AvgIpc) is 2.83. The van der Waals surface area contributed by atoms with E-state index in [0.717, 1.165) is 17.2 Å². The van der Waals surface area contributed by atoms with E-state index in [1.54, 1.807) is 4.90 Å². The number of aliphatic hydroxyl groups excluding tert-OH is 2. The molecule has 1 heterocycles. The Labute approximate surface area is 216 Å². The van der Waals surface area contributed by atoms with E-state index in [4.69, 9.17) is 0 Å². The van der Waals surface area contributed by atoms with Gasteiger partial charge in [-0.3, -0.25) is 9.59 Å². The smallest absolute Gasteiger partial charge is 0.224 e. The van der Waals surface area contributed by atoms with Crippen molar-refractivity contribution in [2.75, 3.05) is 26.2 Å². The van der Waals surface area contributed by atoms with E-state index in [1.165, 1.54) is 19.1 Å². The number of rotatable bonds is 11. The van der Waals surface area contributed by atoms with Gasteiger partial charge in [0, 0.05) is 39.0 Å². The van der Waals surface area contributed by atoms with Crippen LogP contribution < -0.4 is 10.6 Å². The van der Waals surface area contributed by atoms with Crippen molar-refractivity contribution < 1.29 is 28.6 Å². The van der Waals surface area contributed by atoms with Gasteiger partial charge in [-0.2, -0.15) is 0 Å². The van der Waals surface area contributed by atoms with Crippen molar-refractivity contribution in [1.29, 1.82) is 0 Å². The van der Waals surface area contributed by atoms with E-state index in [-0.39, 0.29) is 50.3 Å². The summed E-state index contributed by atoms with van der Waals surface area (Å²) in [5, 5.41) is 26.5. The number of carbonyl (C=O) groups excluding carboxylic acids is 2. The van der Waals surface area contributed by atoms with Crippen LogP contribution in [0.2, 0.25) is 0 Å². The van der Waals surface area contributed by atoms with Crippen LogP contribution in [0, 0.1) is 11.6 Å². The second kappa shape index (κ2) is 12.6. The molecule has 4 N–H and O–H groups in total. The van der Waals surface area contributed by atoms with Crippen molar-refractivity contribution in [2.24, 2.45) is 0 Å². The number of nitrogens with zero attached hydrogens (tertiary/aromatic N) is 1. The van der Waals surface area contributed by atoms with Crippen molar-refractivity contribution in [3.63, 3.8) is 0 Å². The van der Waals surface area contributed by atoms with E-state index in [0.29, 0.717) is 18.5 Å². The number of piperidine rings is 1. The molecule has 0 spiro atoms. The first-order chi connectivity index (χ1) is 17.5. The monoisotopic (exact) mass is 517 g/mol. The van der Waals surface area contributed by atoms with Gasteiger partial charge in [0.05, 0.1) is 24.3 Å². The molecule has 1 saturated heterocycles. The SMILES string of the molecule is CC(=O)N[C@@H](Cc1cc(F)cc(F)c1)[C@H](O)CN[C@@]1(c2cccc(C(C)C)c2)CCN(CCO)C(=O)C1. The van der Waals surface area contributed by atoms with Crippen molar-refractivity contribution in [1.82, 2.24) is 15.5 Å². The number of β-amino-alcohol motifs (C(OH)–C–C–N with tert-alkyl or cyclic N) is 1. The second-order valence-electron chi connectivity index (χ2n) is 10.1. The highest BCUT2D eigenvalue weighted by molar-refractivity contribution is 5.79. The Balaban J connectivity index is 1.85. The van der Waals surface area contributed by atoms with Crippen molar-refractivity contribution in [3.8, 4) is 0 Å². The Morgan fingerprint density at radius 1 is 1.16 bits per heavy atom. The lowest BCUT2D eigenvalue weighted by molar-refractivity contribution is -0.137. The minimum absolute atomic E-state index is 0.0240. The highest BCUT2D eigenvalue weighted by atomic mass is 19.1. The first kappa shape index (κ1) is 28.7. The number of carbonyl (C=O) groups is 2. The zero-order valence-electron chi connectivity index (χ0n) is 21.6. The summed E-state index contributed by atoms with van der Waals surface area (Å²) in [6.07, 6.45) is -0.379. The predicted octanol–water partition coefficient (Wildman–Crippen LogP) is 2.60. The summed E-state index contributed by atoms with van der Waals surface area (Å²) in [5.74, 6) is -1.68. The van der Waals surface area contributed by atoms with Gasteiger partial charge in [0.2, 0.25) is 11.8 Å². The van der Waals surface area contributed by atoms with Crippen LogP contribution >= 0.6 is 0 Å². The van der Waals surface area contributed by atoms with Gasteiger partial charge in [0.15, 0.2) is 0 Å². The van der Waals surface area contributed by atoms with Gasteiger partial charge < -0.3 is 25.7 Å². The quantitative estimate of drug-likeness (QED) is 0.367. The summed E-state index contributed by atoms with van der Waals surface area (Å²) in [4.78, 5) is 26.5. The number of benzene rings is 2. The Morgan fingerprint density at radius 3 is 2.46 bits per heavy atom. The molecule has 0 radical (unpaired) electrons. The van der Waals surface area contributed by atoms with Gasteiger partial charge >= 0.3 is 0 Å². The Kier molecular flexibility index (Phi) is 9.75. The maximum atomic E-state index is 13.7. The molecule has 1 aliphatic rings. The summed E-state index contributed by atoms with van der Waals surface area (Å²) in [7, 11) is 0. The van der Waals surface area contributed by atoms with Crippen LogP contribution in [0.3, 0.4) is 0 Å². The van der Waals surface area contributed by atoms with Crippen LogP contribution in [0.5, 0.6) is 0 Å². The number of nitrogens with one attached hydrogen (secondary N) is 2. The van der Waals surface area contributed by atoms with Crippen LogP contribution in [0.1, 0.15) is 56.2 Å². The zero-order chi connectivity index (χ0) is 27.2. The van der Waals surface area contributed by atoms with Crippen LogP contribution in [-0.2, 0) is 21.5 Å². The Morgan fingerprint density at radius 2 is 1.86 bits per heavy atom. The van der Waals surface area contributed by atoms with Crippen LogP contribution in [0.15, 0.2) is 42.5 Å². The lowest BCUT2D eigenvalue weighted by atomic mass is 9.79. The van der Waals surface area contributed by atoms with Gasteiger partial charge in [0.1, 0.15) is 11.6 Å². The Bertz CT molecular complexity index is 1080. The molecule has 1 aliphatic heterocycles. The minimum atomic E-state index is -1.11. The Hall–Kier alpha value is -2.88. The molecule has 2 aromatic carbocycles. The number of aliphatic hydroxyl groups is 2. The summed E-state index contributed by atoms with van der Waals surface area (Å²) < 4.78 is 27.5. The molecule has 0 saturated carbocycles. The van der Waals surface area contributed by atoms with Gasteiger partial charge in [-0.15, -0.1) is 0 Å². The zero-order valence-corrected chi connectivity index (χ0v) is 21.6. The molecule has 3 rings (SSSR count). The fourth-order valence-corrected chi connectivity index (χ4v) is 4.93. The number of hydrogen-bond acceptors (Lipinski definition) is 5. The third-order valence-corrected chi connectivity index (χ3v) is 6.97. The molecule has 3 atom stereocenters. The molecule has 2 aromatic rings. The lowest BCUT2D eigenvalue weighted by Crippen LogP contribution is -2.57. The summed E-state index contributed by atoms with van der Waals surface area (Å²) in [6.45, 7) is 6.10. The largest absolute Gasteiger partial charge is 0.395 e. The first-order valence-electron chi connectivity index (χ1n) is 12.7. The third kappa shape index (κ3) is 7.56. The average molecular weight is 518 g/mol. The van der Waals surface area contributed by atoms with Crippen molar-refractivity contribution in [2.45, 2.75) is 63.6 Å². The summed E-state index contributed by atoms with van der Waals surface area (Å²) >= 11 is 0. The molecule has 0 unspecified atom stereocenters. The topological polar surface area (TPSA) is 102 Å². The maximum absolute atomic E-state index is 13.7. The standard InChI is InChI=1S/C28H37F2N3O4/c1-18(2)21-5-4-6-22(14-21)28(7-8-33(9-10-34)27(37)16-28)31-17-26(36)25(32-19(3)35)13-20-11-23(29)15-24(30)12-20/h4-6,11-12,14-15,18,25-26,31,34,36H,7-10,13,16-17H2,1-3H3,(H,32,35)/t25-,26+,28-/m0/s1. The molecule has 37 heavy (non-hydrogen) atoms. The maximum Gasteiger partial charge on any atom is 0.224 e. The van der Waals surface area contributed by atoms with Crippen LogP contribution in [-0.4, -0.2) is 65.3 Å². The molecular weight excluding hydrogens is 480 g/mol. The molecule has 0 aliphatic carbocycles. The predicted molar refractivity (Wildman–Crippen MR) is 137 cm³/mol. The van der Waals surface area contributed by atoms with E-state index in [9.17, 15) is 28.6 Å². The minimum Gasteiger partial charge on any atom is -0.395 e.